The summed E-state index contributed by atoms with van der Waals surface area (Å²) >= 11 is 2.29. The van der Waals surface area contributed by atoms with Crippen molar-refractivity contribution in [2.45, 2.75) is 38.0 Å². The predicted molar refractivity (Wildman–Crippen MR) is 130 cm³/mol. The maximum absolute atomic E-state index is 13.0. The molecule has 2 aromatic heterocycles. The summed E-state index contributed by atoms with van der Waals surface area (Å²) in [6.07, 6.45) is 4.27. The van der Waals surface area contributed by atoms with Gasteiger partial charge in [0.05, 0.1) is 23.4 Å². The van der Waals surface area contributed by atoms with E-state index in [1.165, 1.54) is 0 Å². The van der Waals surface area contributed by atoms with Gasteiger partial charge in [0.15, 0.2) is 0 Å². The van der Waals surface area contributed by atoms with Gasteiger partial charge in [-0.15, -0.1) is 4.72 Å². The Labute approximate surface area is 194 Å². The molecule has 4 rings (SSSR count). The van der Waals surface area contributed by atoms with E-state index in [2.05, 4.69) is 55.0 Å². The topological polar surface area (TPSA) is 65.8 Å². The summed E-state index contributed by atoms with van der Waals surface area (Å²) in [7, 11) is 0. The third-order valence-corrected chi connectivity index (χ3v) is 7.12. The molecule has 0 bridgehead atoms. The molecule has 0 aliphatic rings. The summed E-state index contributed by atoms with van der Waals surface area (Å²) in [5.74, 6) is 0. The van der Waals surface area contributed by atoms with Crippen LogP contribution in [0.5, 0.6) is 0 Å². The van der Waals surface area contributed by atoms with Crippen LogP contribution in [0.3, 0.4) is 0 Å². The van der Waals surface area contributed by atoms with Gasteiger partial charge in [0.1, 0.15) is 4.75 Å². The minimum Gasteiger partial charge on any atom is -0.598 e. The van der Waals surface area contributed by atoms with Crippen molar-refractivity contribution in [1.82, 2.24) is 19.5 Å². The number of hydrogen-bond donors (Lipinski definition) is 1. The second-order valence-corrected chi connectivity index (χ2v) is 11.3. The second-order valence-electron chi connectivity index (χ2n) is 8.40. The average molecular weight is 497 g/mol. The lowest BCUT2D eigenvalue weighted by Crippen LogP contribution is -2.42. The van der Waals surface area contributed by atoms with Crippen LogP contribution in [0.15, 0.2) is 77.5 Å². The highest BCUT2D eigenvalue weighted by Gasteiger charge is 2.31. The van der Waals surface area contributed by atoms with Crippen LogP contribution in [-0.2, 0) is 17.8 Å². The van der Waals surface area contributed by atoms with E-state index in [1.54, 1.807) is 6.20 Å². The van der Waals surface area contributed by atoms with Gasteiger partial charge in [0.2, 0.25) is 0 Å². The minimum atomic E-state index is -1.24. The zero-order valence-electron chi connectivity index (χ0n) is 17.7. The Kier molecular flexibility index (Phi) is 6.48. The Morgan fingerprint density at radius 3 is 2.61 bits per heavy atom. The molecule has 0 amide bonds. The van der Waals surface area contributed by atoms with Crippen molar-refractivity contribution in [3.63, 3.8) is 0 Å². The van der Waals surface area contributed by atoms with Crippen LogP contribution >= 0.6 is 15.9 Å². The van der Waals surface area contributed by atoms with E-state index in [9.17, 15) is 4.55 Å². The number of para-hydroxylation sites is 1. The number of fused-ring (bicyclic) bond motifs is 1. The molecular weight excluding hydrogens is 472 g/mol. The van der Waals surface area contributed by atoms with E-state index >= 15 is 0 Å². The second kappa shape index (κ2) is 9.12. The fraction of sp³-hybridized carbons (Fsp3) is 0.250. The monoisotopic (exact) mass is 496 g/mol. The van der Waals surface area contributed by atoms with Gasteiger partial charge in [-0.2, -0.15) is 5.10 Å². The molecular formula is C24H25BrN4OS. The quantitative estimate of drug-likeness (QED) is 0.357. The number of hydrogen-bond acceptors (Lipinski definition) is 4. The van der Waals surface area contributed by atoms with Crippen LogP contribution in [0.2, 0.25) is 0 Å². The van der Waals surface area contributed by atoms with Gasteiger partial charge < -0.3 is 4.55 Å². The van der Waals surface area contributed by atoms with Crippen molar-refractivity contribution in [1.29, 1.82) is 0 Å². The van der Waals surface area contributed by atoms with Gasteiger partial charge >= 0.3 is 0 Å². The summed E-state index contributed by atoms with van der Waals surface area (Å²) < 4.78 is 19.0. The van der Waals surface area contributed by atoms with E-state index < -0.39 is 11.4 Å². The van der Waals surface area contributed by atoms with Crippen molar-refractivity contribution in [2.75, 3.05) is 0 Å². The maximum atomic E-state index is 13.0. The van der Waals surface area contributed by atoms with E-state index in [4.69, 9.17) is 0 Å². The van der Waals surface area contributed by atoms with Crippen molar-refractivity contribution in [3.05, 3.63) is 88.8 Å². The van der Waals surface area contributed by atoms with Crippen molar-refractivity contribution in [3.8, 4) is 5.69 Å². The number of pyridine rings is 1. The van der Waals surface area contributed by atoms with Gasteiger partial charge in [-0.05, 0) is 62.7 Å². The van der Waals surface area contributed by atoms with Crippen LogP contribution in [0.4, 0.5) is 0 Å². The van der Waals surface area contributed by atoms with Crippen LogP contribution in [0, 0.1) is 0 Å². The summed E-state index contributed by atoms with van der Waals surface area (Å²) in [5.41, 5.74) is 3.94. The van der Waals surface area contributed by atoms with E-state index in [0.717, 1.165) is 32.3 Å². The predicted octanol–water partition coefficient (Wildman–Crippen LogP) is 5.52. The molecule has 7 heteroatoms. The highest BCUT2D eigenvalue weighted by molar-refractivity contribution is 9.10. The third kappa shape index (κ3) is 5.01. The molecule has 160 valence electrons. The van der Waals surface area contributed by atoms with Crippen LogP contribution in [0.25, 0.3) is 16.6 Å². The molecule has 2 aromatic carbocycles. The molecule has 2 heterocycles. The zero-order valence-corrected chi connectivity index (χ0v) is 20.2. The molecule has 0 fully saturated rings. The van der Waals surface area contributed by atoms with Gasteiger partial charge in [-0.25, -0.2) is 4.68 Å². The van der Waals surface area contributed by atoms with Crippen molar-refractivity contribution < 1.29 is 4.55 Å². The Bertz CT molecular complexity index is 1170. The Morgan fingerprint density at radius 2 is 1.87 bits per heavy atom. The first-order valence-corrected chi connectivity index (χ1v) is 12.1. The molecule has 0 radical (unpaired) electrons. The van der Waals surface area contributed by atoms with E-state index in [1.807, 2.05) is 68.0 Å². The maximum Gasteiger partial charge on any atom is 0.136 e. The van der Waals surface area contributed by atoms with Crippen molar-refractivity contribution in [2.24, 2.45) is 0 Å². The Hall–Kier alpha value is -2.19. The highest BCUT2D eigenvalue weighted by Crippen LogP contribution is 2.30. The molecule has 0 aliphatic heterocycles. The largest absolute Gasteiger partial charge is 0.598 e. The molecule has 31 heavy (non-hydrogen) atoms. The standard InChI is InChI=1S/C24H25BrN4OS/c1-24(2,3)31(30)28-21(15-19-8-6-7-13-26-19)20-9-4-5-10-23(20)29-22-12-11-18(25)14-17(22)16-27-29/h4-14,16,21,28H,15H2,1-3H3/t21?,31-/m0/s1. The lowest BCUT2D eigenvalue weighted by atomic mass is 10.0. The SMILES string of the molecule is CC(C)(C)[S@+]([O-])NC(Cc1ccccn1)c1ccccc1-n1ncc2cc(Br)ccc21. The lowest BCUT2D eigenvalue weighted by molar-refractivity contribution is 0.520. The van der Waals surface area contributed by atoms with Gasteiger partial charge in [-0.1, -0.05) is 40.2 Å². The molecule has 2 atom stereocenters. The minimum absolute atomic E-state index is 0.194. The number of rotatable bonds is 6. The van der Waals surface area contributed by atoms with Crippen LogP contribution in [0.1, 0.15) is 38.1 Å². The summed E-state index contributed by atoms with van der Waals surface area (Å²) in [5, 5.41) is 5.71. The van der Waals surface area contributed by atoms with Gasteiger partial charge in [0.25, 0.3) is 0 Å². The first kappa shape index (κ1) is 22.0. The number of benzene rings is 2. The first-order valence-electron chi connectivity index (χ1n) is 10.1. The molecule has 4 aromatic rings. The molecule has 5 nitrogen and oxygen atoms in total. The zero-order chi connectivity index (χ0) is 22.0. The fourth-order valence-corrected chi connectivity index (χ4v) is 4.62. The number of halogens is 1. The smallest absolute Gasteiger partial charge is 0.136 e. The van der Waals surface area contributed by atoms with Crippen LogP contribution < -0.4 is 4.72 Å². The number of nitrogens with zero attached hydrogens (tertiary/aromatic N) is 3. The van der Waals surface area contributed by atoms with E-state index in [-0.39, 0.29) is 10.8 Å². The summed E-state index contributed by atoms with van der Waals surface area (Å²) in [6, 6.07) is 19.9. The normalized spacial score (nSPS) is 14.0. The first-order chi connectivity index (χ1) is 14.8. The molecule has 1 N–H and O–H groups in total. The van der Waals surface area contributed by atoms with E-state index in [0.29, 0.717) is 6.42 Å². The molecule has 0 aliphatic carbocycles. The number of nitrogens with one attached hydrogen (secondary N) is 1. The third-order valence-electron chi connectivity index (χ3n) is 5.02. The fourth-order valence-electron chi connectivity index (χ4n) is 3.42. The van der Waals surface area contributed by atoms with Gasteiger partial charge in [-0.3, -0.25) is 4.98 Å². The molecule has 0 saturated heterocycles. The average Bonchev–Trinajstić information content (AvgIpc) is 3.16. The Morgan fingerprint density at radius 1 is 1.10 bits per heavy atom. The molecule has 0 saturated carbocycles. The Balaban J connectivity index is 1.79. The number of aromatic nitrogens is 3. The van der Waals surface area contributed by atoms with Crippen LogP contribution in [-0.4, -0.2) is 24.1 Å². The summed E-state index contributed by atoms with van der Waals surface area (Å²) in [4.78, 5) is 4.50. The highest BCUT2D eigenvalue weighted by atomic mass is 79.9. The lowest BCUT2D eigenvalue weighted by Gasteiger charge is -2.29. The molecule has 1 unspecified atom stereocenters. The molecule has 0 spiro atoms. The summed E-state index contributed by atoms with van der Waals surface area (Å²) in [6.45, 7) is 5.91. The van der Waals surface area contributed by atoms with Gasteiger partial charge in [0, 0.05) is 39.5 Å². The van der Waals surface area contributed by atoms with Crippen molar-refractivity contribution >= 4 is 38.2 Å².